The summed E-state index contributed by atoms with van der Waals surface area (Å²) in [5.74, 6) is -2.76. The molecular weight excluding hydrogens is 517 g/mol. The first kappa shape index (κ1) is 31.5. The van der Waals surface area contributed by atoms with E-state index in [-0.39, 0.29) is 30.9 Å². The molecule has 0 amide bonds. The number of hydroxylamine groups is 2. The molecule has 2 rings (SSSR count). The summed E-state index contributed by atoms with van der Waals surface area (Å²) in [5, 5.41) is 11.5. The number of benzene rings is 1. The summed E-state index contributed by atoms with van der Waals surface area (Å²) in [6, 6.07) is 10.6. The number of pyridine rings is 1. The highest BCUT2D eigenvalue weighted by Gasteiger charge is 2.56. The van der Waals surface area contributed by atoms with Gasteiger partial charge in [-0.1, -0.05) is 50.2 Å². The monoisotopic (exact) mass is 550 g/mol. The van der Waals surface area contributed by atoms with Gasteiger partial charge in [0.2, 0.25) is 0 Å². The van der Waals surface area contributed by atoms with Crippen molar-refractivity contribution in [1.29, 1.82) is 0 Å². The van der Waals surface area contributed by atoms with Crippen LogP contribution in [0.2, 0.25) is 0 Å². The van der Waals surface area contributed by atoms with Gasteiger partial charge in [0.25, 0.3) is 0 Å². The van der Waals surface area contributed by atoms with E-state index in [1.165, 1.54) is 5.94 Å². The lowest BCUT2D eigenvalue weighted by atomic mass is 9.74. The summed E-state index contributed by atoms with van der Waals surface area (Å²) >= 11 is 0. The van der Waals surface area contributed by atoms with Gasteiger partial charge in [0.15, 0.2) is 5.54 Å². The molecule has 39 heavy (non-hydrogen) atoms. The first-order valence-corrected chi connectivity index (χ1v) is 12.3. The van der Waals surface area contributed by atoms with Crippen molar-refractivity contribution in [3.63, 3.8) is 0 Å². The van der Waals surface area contributed by atoms with Gasteiger partial charge in [0.1, 0.15) is 24.4 Å². The van der Waals surface area contributed by atoms with Crippen LogP contribution in [-0.2, 0) is 43.2 Å². The minimum Gasteiger partial charge on any atom is -0.479 e. The number of hydrogen-bond donors (Lipinski definition) is 1. The normalized spacial score (nSPS) is 14.2. The van der Waals surface area contributed by atoms with Crippen LogP contribution in [0.25, 0.3) is 0 Å². The van der Waals surface area contributed by atoms with E-state index in [9.17, 15) is 32.7 Å². The molecule has 1 heterocycles. The van der Waals surface area contributed by atoms with Crippen molar-refractivity contribution in [2.45, 2.75) is 71.4 Å². The molecule has 11 heteroatoms. The molecule has 0 aliphatic heterocycles. The number of aromatic nitrogens is 1. The molecule has 0 saturated heterocycles. The standard InChI is InChI=1S/C28H33F3N2O6/c1-19(2)16-27(25(36)37,33(13-14-34)39-26(3,4)5)22(24(35)38-18-20-9-7-6-8-10-20)15-21-11-12-23(32-17-21)28(29,30)31/h6-13,17,19,22H,15-16,18H2,1-5H3,(H,36,37)/t22-,27-/m0/s1. The second-order valence-corrected chi connectivity index (χ2v) is 10.5. The fourth-order valence-electron chi connectivity index (χ4n) is 4.13. The quantitative estimate of drug-likeness (QED) is 0.217. The lowest BCUT2D eigenvalue weighted by Crippen LogP contribution is -2.62. The number of aliphatic carboxylic acids is 1. The second kappa shape index (κ2) is 12.9. The number of halogens is 3. The highest BCUT2D eigenvalue weighted by molar-refractivity contribution is 5.88. The topological polar surface area (TPSA) is 106 Å². The molecule has 0 bridgehead atoms. The zero-order chi connectivity index (χ0) is 29.4. The molecule has 1 aromatic carbocycles. The lowest BCUT2D eigenvalue weighted by Gasteiger charge is -2.45. The lowest BCUT2D eigenvalue weighted by molar-refractivity contribution is -0.263. The Bertz CT molecular complexity index is 1160. The summed E-state index contributed by atoms with van der Waals surface area (Å²) in [7, 11) is 0. The molecule has 1 N–H and O–H groups in total. The van der Waals surface area contributed by atoms with E-state index < -0.39 is 40.9 Å². The Balaban J connectivity index is 2.68. The Labute approximate surface area is 225 Å². The third-order valence-corrected chi connectivity index (χ3v) is 5.67. The minimum absolute atomic E-state index is 0.157. The Morgan fingerprint density at radius 3 is 2.18 bits per heavy atom. The smallest absolute Gasteiger partial charge is 0.433 e. The molecule has 0 aliphatic rings. The maximum Gasteiger partial charge on any atom is 0.433 e. The molecule has 8 nitrogen and oxygen atoms in total. The largest absolute Gasteiger partial charge is 0.479 e. The van der Waals surface area contributed by atoms with Crippen molar-refractivity contribution in [2.24, 2.45) is 11.8 Å². The van der Waals surface area contributed by atoms with Gasteiger partial charge < -0.3 is 9.84 Å². The summed E-state index contributed by atoms with van der Waals surface area (Å²) in [4.78, 5) is 47.6. The first-order chi connectivity index (χ1) is 18.1. The highest BCUT2D eigenvalue weighted by Crippen LogP contribution is 2.38. The third kappa shape index (κ3) is 8.66. The van der Waals surface area contributed by atoms with Crippen molar-refractivity contribution in [1.82, 2.24) is 10.0 Å². The van der Waals surface area contributed by atoms with Gasteiger partial charge in [0, 0.05) is 6.20 Å². The number of esters is 1. The van der Waals surface area contributed by atoms with Crippen LogP contribution in [0.5, 0.6) is 0 Å². The van der Waals surface area contributed by atoms with E-state index >= 15 is 0 Å². The van der Waals surface area contributed by atoms with Crippen molar-refractivity contribution in [3.8, 4) is 0 Å². The van der Waals surface area contributed by atoms with Gasteiger partial charge in [0.05, 0.1) is 11.5 Å². The van der Waals surface area contributed by atoms with Crippen LogP contribution in [0.15, 0.2) is 54.9 Å². The van der Waals surface area contributed by atoms with E-state index in [1.54, 1.807) is 65.0 Å². The summed E-state index contributed by atoms with van der Waals surface area (Å²) < 4.78 is 44.8. The Morgan fingerprint density at radius 2 is 1.72 bits per heavy atom. The molecule has 1 aromatic heterocycles. The number of carbonyl (C=O) groups excluding carboxylic acids is 2. The Morgan fingerprint density at radius 1 is 1.08 bits per heavy atom. The Kier molecular flexibility index (Phi) is 10.4. The van der Waals surface area contributed by atoms with E-state index in [0.29, 0.717) is 5.56 Å². The number of carboxylic acid groups (broad SMARTS) is 1. The van der Waals surface area contributed by atoms with Crippen LogP contribution in [0.3, 0.4) is 0 Å². The average Bonchev–Trinajstić information content (AvgIpc) is 2.83. The fraction of sp³-hybridized carbons (Fsp3) is 0.464. The maximum absolute atomic E-state index is 13.7. The molecule has 0 saturated carbocycles. The molecule has 2 atom stereocenters. The van der Waals surface area contributed by atoms with Crippen molar-refractivity contribution in [3.05, 3.63) is 71.7 Å². The van der Waals surface area contributed by atoms with Crippen molar-refractivity contribution in [2.75, 3.05) is 0 Å². The van der Waals surface area contributed by atoms with E-state index in [2.05, 4.69) is 4.98 Å². The van der Waals surface area contributed by atoms with Gasteiger partial charge in [-0.2, -0.15) is 13.2 Å². The number of nitrogens with zero attached hydrogens (tertiary/aromatic N) is 2. The number of carbonyl (C=O) groups is 2. The van der Waals surface area contributed by atoms with Crippen LogP contribution in [0.1, 0.15) is 57.9 Å². The molecule has 0 fully saturated rings. The number of hydrogen-bond acceptors (Lipinski definition) is 7. The van der Waals surface area contributed by atoms with Crippen molar-refractivity contribution < 1.29 is 42.2 Å². The van der Waals surface area contributed by atoms with Crippen molar-refractivity contribution >= 4 is 17.9 Å². The predicted molar refractivity (Wildman–Crippen MR) is 135 cm³/mol. The molecule has 0 aliphatic carbocycles. The molecule has 0 radical (unpaired) electrons. The zero-order valence-electron chi connectivity index (χ0n) is 22.5. The maximum atomic E-state index is 13.7. The summed E-state index contributed by atoms with van der Waals surface area (Å²) in [6.45, 7) is 8.16. The number of carboxylic acids is 1. The SMILES string of the molecule is CC(C)C[C@@](C(=O)O)([C@@H](Cc1ccc(C(F)(F)F)nc1)C(=O)OCc1ccccc1)N(C=C=O)OC(C)(C)C. The van der Waals surface area contributed by atoms with Crippen LogP contribution in [0.4, 0.5) is 13.2 Å². The van der Waals surface area contributed by atoms with Gasteiger partial charge in [-0.05, 0) is 56.7 Å². The average molecular weight is 551 g/mol. The Hall–Kier alpha value is -3.69. The molecule has 2 aromatic rings. The minimum atomic E-state index is -4.68. The van der Waals surface area contributed by atoms with E-state index in [4.69, 9.17) is 9.57 Å². The second-order valence-electron chi connectivity index (χ2n) is 10.5. The fourth-order valence-corrected chi connectivity index (χ4v) is 4.13. The van der Waals surface area contributed by atoms with E-state index in [1.807, 2.05) is 0 Å². The van der Waals surface area contributed by atoms with Crippen LogP contribution in [-0.4, -0.2) is 44.2 Å². The molecule has 0 spiro atoms. The molecular formula is C28H33F3N2O6. The van der Waals surface area contributed by atoms with Gasteiger partial charge in [-0.3, -0.25) is 14.6 Å². The predicted octanol–water partition coefficient (Wildman–Crippen LogP) is 5.25. The van der Waals surface area contributed by atoms with Gasteiger partial charge in [-0.15, -0.1) is 0 Å². The highest BCUT2D eigenvalue weighted by atomic mass is 19.4. The third-order valence-electron chi connectivity index (χ3n) is 5.67. The summed E-state index contributed by atoms with van der Waals surface area (Å²) in [6.07, 6.45) is -3.53. The summed E-state index contributed by atoms with van der Waals surface area (Å²) in [5.41, 5.74) is -3.54. The van der Waals surface area contributed by atoms with Gasteiger partial charge >= 0.3 is 18.1 Å². The van der Waals surface area contributed by atoms with Crippen LogP contribution in [0, 0.1) is 11.8 Å². The number of ether oxygens (including phenoxy) is 1. The van der Waals surface area contributed by atoms with E-state index in [0.717, 1.165) is 29.6 Å². The number of alkyl halides is 3. The van der Waals surface area contributed by atoms with Crippen LogP contribution >= 0.6 is 0 Å². The zero-order valence-corrected chi connectivity index (χ0v) is 22.5. The van der Waals surface area contributed by atoms with Crippen LogP contribution < -0.4 is 0 Å². The number of rotatable bonds is 12. The molecule has 212 valence electrons. The van der Waals surface area contributed by atoms with Gasteiger partial charge in [-0.25, -0.2) is 14.7 Å². The first-order valence-electron chi connectivity index (χ1n) is 12.3. The molecule has 0 unspecified atom stereocenters.